The van der Waals surface area contributed by atoms with E-state index in [0.29, 0.717) is 13.1 Å². The molecule has 7 heteroatoms. The van der Waals surface area contributed by atoms with E-state index in [1.165, 1.54) is 10.4 Å². The molecule has 1 fully saturated rings. The van der Waals surface area contributed by atoms with Crippen LogP contribution < -0.4 is 10.6 Å². The number of hydrogen-bond donors (Lipinski definition) is 2. The number of hydrogen-bond acceptors (Lipinski definition) is 4. The van der Waals surface area contributed by atoms with Crippen LogP contribution in [0.15, 0.2) is 35.7 Å². The molecular weight excluding hydrogens is 377 g/mol. The van der Waals surface area contributed by atoms with Crippen molar-refractivity contribution in [1.29, 1.82) is 0 Å². The zero-order valence-corrected chi connectivity index (χ0v) is 16.5. The lowest BCUT2D eigenvalue weighted by Crippen LogP contribution is -2.49. The van der Waals surface area contributed by atoms with E-state index >= 15 is 0 Å². The van der Waals surface area contributed by atoms with Gasteiger partial charge in [-0.15, -0.1) is 23.7 Å². The summed E-state index contributed by atoms with van der Waals surface area (Å²) in [5.74, 6) is 0.0572. The number of benzene rings is 1. The fraction of sp³-hybridized carbons (Fsp3) is 0.389. The highest BCUT2D eigenvalue weighted by molar-refractivity contribution is 7.10. The Labute approximate surface area is 164 Å². The molecule has 1 aliphatic rings. The minimum Gasteiger partial charge on any atom is -0.350 e. The molecule has 136 valence electrons. The summed E-state index contributed by atoms with van der Waals surface area (Å²) in [6.45, 7) is 5.59. The van der Waals surface area contributed by atoms with Gasteiger partial charge in [-0.2, -0.15) is 0 Å². The number of nitrogens with one attached hydrogen (secondary N) is 2. The lowest BCUT2D eigenvalue weighted by Gasteiger charge is -2.36. The van der Waals surface area contributed by atoms with Gasteiger partial charge in [0.25, 0.3) is 0 Å². The Balaban J connectivity index is 0.00000225. The van der Waals surface area contributed by atoms with Gasteiger partial charge in [-0.3, -0.25) is 9.69 Å². The Bertz CT molecular complexity index is 707. The highest BCUT2D eigenvalue weighted by Crippen LogP contribution is 2.28. The maximum Gasteiger partial charge on any atom is 0.234 e. The Morgan fingerprint density at radius 1 is 1.40 bits per heavy atom. The smallest absolute Gasteiger partial charge is 0.234 e. The number of aryl methyl sites for hydroxylation is 1. The van der Waals surface area contributed by atoms with Gasteiger partial charge < -0.3 is 10.6 Å². The van der Waals surface area contributed by atoms with Gasteiger partial charge in [-0.05, 0) is 35.6 Å². The predicted octanol–water partition coefficient (Wildman–Crippen LogP) is 3.39. The molecule has 0 aliphatic carbocycles. The summed E-state index contributed by atoms with van der Waals surface area (Å²) in [6, 6.07) is 10.1. The van der Waals surface area contributed by atoms with Crippen molar-refractivity contribution in [3.05, 3.63) is 56.7 Å². The second kappa shape index (κ2) is 9.55. The van der Waals surface area contributed by atoms with E-state index in [4.69, 9.17) is 11.6 Å². The van der Waals surface area contributed by atoms with Crippen molar-refractivity contribution in [2.75, 3.05) is 26.2 Å². The third kappa shape index (κ3) is 5.19. The Morgan fingerprint density at radius 3 is 2.92 bits per heavy atom. The topological polar surface area (TPSA) is 44.4 Å². The summed E-state index contributed by atoms with van der Waals surface area (Å²) < 4.78 is 0. The second-order valence-corrected chi connectivity index (χ2v) is 7.42. The van der Waals surface area contributed by atoms with Crippen LogP contribution in [0, 0.1) is 6.92 Å². The second-order valence-electron chi connectivity index (χ2n) is 6.02. The highest BCUT2D eigenvalue weighted by Gasteiger charge is 2.26. The van der Waals surface area contributed by atoms with E-state index in [1.54, 1.807) is 11.3 Å². The van der Waals surface area contributed by atoms with Gasteiger partial charge in [0.2, 0.25) is 5.91 Å². The van der Waals surface area contributed by atoms with Gasteiger partial charge in [0.1, 0.15) is 0 Å². The number of rotatable bonds is 5. The Kier molecular flexibility index (Phi) is 7.72. The van der Waals surface area contributed by atoms with Gasteiger partial charge >= 0.3 is 0 Å². The van der Waals surface area contributed by atoms with Crippen LogP contribution in [0.2, 0.25) is 5.02 Å². The normalized spacial score (nSPS) is 17.8. The molecule has 4 nitrogen and oxygen atoms in total. The third-order valence-electron chi connectivity index (χ3n) is 4.38. The van der Waals surface area contributed by atoms with E-state index in [9.17, 15) is 4.79 Å². The lowest BCUT2D eigenvalue weighted by molar-refractivity contribution is -0.123. The number of amides is 1. The zero-order valence-electron chi connectivity index (χ0n) is 14.1. The van der Waals surface area contributed by atoms with Crippen LogP contribution in [0.5, 0.6) is 0 Å². The zero-order chi connectivity index (χ0) is 16.9. The van der Waals surface area contributed by atoms with Crippen molar-refractivity contribution in [3.8, 4) is 0 Å². The van der Waals surface area contributed by atoms with Gasteiger partial charge in [-0.1, -0.05) is 29.8 Å². The molecule has 2 N–H and O–H groups in total. The molecule has 2 aromatic rings. The van der Waals surface area contributed by atoms with Crippen molar-refractivity contribution in [2.24, 2.45) is 0 Å². The summed E-state index contributed by atoms with van der Waals surface area (Å²) in [7, 11) is 0. The minimum absolute atomic E-state index is 0. The van der Waals surface area contributed by atoms with Crippen molar-refractivity contribution < 1.29 is 4.79 Å². The summed E-state index contributed by atoms with van der Waals surface area (Å²) in [5.41, 5.74) is 2.31. The van der Waals surface area contributed by atoms with Crippen LogP contribution in [-0.4, -0.2) is 37.0 Å². The lowest BCUT2D eigenvalue weighted by atomic mass is 10.0. The van der Waals surface area contributed by atoms with Crippen molar-refractivity contribution in [3.63, 3.8) is 0 Å². The van der Waals surface area contributed by atoms with Gasteiger partial charge in [0.15, 0.2) is 0 Å². The predicted molar refractivity (Wildman–Crippen MR) is 107 cm³/mol. The first-order valence-corrected chi connectivity index (χ1v) is 9.40. The molecule has 1 aliphatic heterocycles. The van der Waals surface area contributed by atoms with E-state index in [1.807, 2.05) is 24.3 Å². The first kappa shape index (κ1) is 20.2. The largest absolute Gasteiger partial charge is 0.350 e. The first-order valence-electron chi connectivity index (χ1n) is 8.14. The fourth-order valence-electron chi connectivity index (χ4n) is 2.99. The highest BCUT2D eigenvalue weighted by atomic mass is 35.5. The SMILES string of the molecule is Cc1ccsc1CNC(=O)CN1CCNCC1c1ccccc1Cl.Cl. The first-order chi connectivity index (χ1) is 11.6. The number of halogens is 2. The van der Waals surface area contributed by atoms with Gasteiger partial charge in [-0.25, -0.2) is 0 Å². The standard InChI is InChI=1S/C18H22ClN3OS.ClH/c1-13-6-9-24-17(13)11-21-18(23)12-22-8-7-20-10-16(22)14-4-2-3-5-15(14)19;/h2-6,9,16,20H,7-8,10-12H2,1H3,(H,21,23);1H. The monoisotopic (exact) mass is 399 g/mol. The molecular formula is C18H23Cl2N3OS. The van der Waals surface area contributed by atoms with Crippen LogP contribution in [0.25, 0.3) is 0 Å². The quantitative estimate of drug-likeness (QED) is 0.809. The number of carbonyl (C=O) groups is 1. The summed E-state index contributed by atoms with van der Waals surface area (Å²) in [5, 5.41) is 9.24. The molecule has 3 rings (SSSR count). The Morgan fingerprint density at radius 2 is 2.20 bits per heavy atom. The number of piperazine rings is 1. The number of carbonyl (C=O) groups excluding carboxylic acids is 1. The summed E-state index contributed by atoms with van der Waals surface area (Å²) in [4.78, 5) is 15.8. The van der Waals surface area contributed by atoms with Crippen LogP contribution in [0.3, 0.4) is 0 Å². The minimum atomic E-state index is 0. The molecule has 1 amide bonds. The van der Waals surface area contributed by atoms with E-state index in [0.717, 1.165) is 30.2 Å². The molecule has 1 atom stereocenters. The molecule has 1 aromatic heterocycles. The summed E-state index contributed by atoms with van der Waals surface area (Å²) in [6.07, 6.45) is 0. The molecule has 1 saturated heterocycles. The molecule has 0 saturated carbocycles. The van der Waals surface area contributed by atoms with Gasteiger partial charge in [0, 0.05) is 35.6 Å². The molecule has 0 bridgehead atoms. The van der Waals surface area contributed by atoms with Gasteiger partial charge in [0.05, 0.1) is 13.1 Å². The average molecular weight is 400 g/mol. The molecule has 1 unspecified atom stereocenters. The maximum absolute atomic E-state index is 12.4. The number of thiophene rings is 1. The molecule has 0 radical (unpaired) electrons. The number of nitrogens with zero attached hydrogens (tertiary/aromatic N) is 1. The van der Waals surface area contributed by atoms with Crippen LogP contribution in [0.4, 0.5) is 0 Å². The van der Waals surface area contributed by atoms with Crippen LogP contribution in [0.1, 0.15) is 22.0 Å². The van der Waals surface area contributed by atoms with E-state index in [2.05, 4.69) is 33.9 Å². The van der Waals surface area contributed by atoms with E-state index < -0.39 is 0 Å². The Hall–Kier alpha value is -1.11. The summed E-state index contributed by atoms with van der Waals surface area (Å²) >= 11 is 8.03. The van der Waals surface area contributed by atoms with Crippen molar-refractivity contribution >= 4 is 41.3 Å². The molecule has 25 heavy (non-hydrogen) atoms. The molecule has 0 spiro atoms. The maximum atomic E-state index is 12.4. The van der Waals surface area contributed by atoms with Crippen molar-refractivity contribution in [1.82, 2.24) is 15.5 Å². The van der Waals surface area contributed by atoms with Crippen molar-refractivity contribution in [2.45, 2.75) is 19.5 Å². The third-order valence-corrected chi connectivity index (χ3v) is 5.75. The fourth-order valence-corrected chi connectivity index (χ4v) is 4.10. The van der Waals surface area contributed by atoms with Crippen LogP contribution in [-0.2, 0) is 11.3 Å². The van der Waals surface area contributed by atoms with E-state index in [-0.39, 0.29) is 24.4 Å². The van der Waals surface area contributed by atoms with Crippen LogP contribution >= 0.6 is 35.3 Å². The molecule has 1 aromatic carbocycles. The molecule has 2 heterocycles. The average Bonchev–Trinajstić information content (AvgIpc) is 2.99.